The molecule has 0 spiro atoms. The molecule has 7 heteroatoms. The van der Waals surface area contributed by atoms with E-state index in [0.717, 1.165) is 31.2 Å². The van der Waals surface area contributed by atoms with Crippen molar-refractivity contribution in [2.75, 3.05) is 13.2 Å². The van der Waals surface area contributed by atoms with Crippen LogP contribution in [0.15, 0.2) is 71.6 Å². The molecule has 210 valence electrons. The standard InChI is InChI=1S/C32H43N3O3S/c1-5-6-19-38-26-13-15-27(16-14-26)39(36,37)30-29(28-17-18-32(30,35-28)22-34-31(2,3)4)33-21-23-11-12-24-9-7-8-10-25(24)20-23/h7-16,20,28-30,33-35H,5-6,17-19,21-22H2,1-4H3. The van der Waals surface area contributed by atoms with E-state index in [4.69, 9.17) is 4.74 Å². The molecule has 2 aliphatic rings. The highest BCUT2D eigenvalue weighted by Crippen LogP contribution is 2.44. The first-order valence-corrected chi connectivity index (χ1v) is 15.9. The zero-order chi connectivity index (χ0) is 27.7. The van der Waals surface area contributed by atoms with Crippen molar-refractivity contribution >= 4 is 20.6 Å². The summed E-state index contributed by atoms with van der Waals surface area (Å²) in [5, 5.41) is 12.9. The molecule has 0 radical (unpaired) electrons. The summed E-state index contributed by atoms with van der Waals surface area (Å²) in [7, 11) is -3.65. The van der Waals surface area contributed by atoms with Crippen molar-refractivity contribution in [2.45, 2.75) is 93.2 Å². The third kappa shape index (κ3) is 6.02. The van der Waals surface area contributed by atoms with E-state index in [1.807, 2.05) is 12.1 Å². The Morgan fingerprint density at radius 2 is 1.77 bits per heavy atom. The van der Waals surface area contributed by atoms with Gasteiger partial charge in [0, 0.05) is 36.3 Å². The quantitative estimate of drug-likeness (QED) is 0.285. The average Bonchev–Trinajstić information content (AvgIpc) is 3.48. The van der Waals surface area contributed by atoms with Crippen LogP contribution >= 0.6 is 0 Å². The van der Waals surface area contributed by atoms with Gasteiger partial charge in [-0.2, -0.15) is 0 Å². The van der Waals surface area contributed by atoms with Gasteiger partial charge in [-0.15, -0.1) is 0 Å². The summed E-state index contributed by atoms with van der Waals surface area (Å²) in [5.41, 5.74) is 0.508. The summed E-state index contributed by atoms with van der Waals surface area (Å²) < 4.78 is 34.5. The zero-order valence-corrected chi connectivity index (χ0v) is 24.5. The molecule has 0 saturated carbocycles. The van der Waals surface area contributed by atoms with E-state index in [-0.39, 0.29) is 17.6 Å². The van der Waals surface area contributed by atoms with Gasteiger partial charge >= 0.3 is 0 Å². The van der Waals surface area contributed by atoms with Gasteiger partial charge in [-0.05, 0) is 86.7 Å². The summed E-state index contributed by atoms with van der Waals surface area (Å²) in [5.74, 6) is 0.712. The molecule has 6 nitrogen and oxygen atoms in total. The second-order valence-corrected chi connectivity index (χ2v) is 14.3. The molecule has 3 N–H and O–H groups in total. The van der Waals surface area contributed by atoms with E-state index in [1.165, 1.54) is 10.8 Å². The second-order valence-electron chi connectivity index (χ2n) is 12.3. The Bertz CT molecular complexity index is 1380. The van der Waals surface area contributed by atoms with Gasteiger partial charge in [-0.1, -0.05) is 49.7 Å². The number of rotatable bonds is 11. The van der Waals surface area contributed by atoms with Crippen molar-refractivity contribution in [1.29, 1.82) is 0 Å². The minimum atomic E-state index is -3.65. The molecule has 2 bridgehead atoms. The topological polar surface area (TPSA) is 79.5 Å². The number of sulfone groups is 1. The van der Waals surface area contributed by atoms with Crippen LogP contribution in [0.1, 0.15) is 58.9 Å². The van der Waals surface area contributed by atoms with Crippen LogP contribution in [0.5, 0.6) is 5.75 Å². The highest BCUT2D eigenvalue weighted by molar-refractivity contribution is 7.92. The minimum Gasteiger partial charge on any atom is -0.494 e. The average molecular weight is 550 g/mol. The molecule has 2 saturated heterocycles. The van der Waals surface area contributed by atoms with Gasteiger partial charge in [0.2, 0.25) is 0 Å². The lowest BCUT2D eigenvalue weighted by molar-refractivity contribution is 0.294. The van der Waals surface area contributed by atoms with E-state index in [1.54, 1.807) is 24.3 Å². The van der Waals surface area contributed by atoms with Gasteiger partial charge in [-0.3, -0.25) is 0 Å². The van der Waals surface area contributed by atoms with E-state index in [9.17, 15) is 8.42 Å². The summed E-state index contributed by atoms with van der Waals surface area (Å²) >= 11 is 0. The maximum absolute atomic E-state index is 14.4. The first-order chi connectivity index (χ1) is 18.6. The van der Waals surface area contributed by atoms with Crippen LogP contribution in [0.25, 0.3) is 10.8 Å². The molecule has 3 aromatic rings. The Morgan fingerprint density at radius 1 is 1.03 bits per heavy atom. The monoisotopic (exact) mass is 549 g/mol. The van der Waals surface area contributed by atoms with Crippen LogP contribution in [0.3, 0.4) is 0 Å². The van der Waals surface area contributed by atoms with Crippen molar-refractivity contribution in [3.8, 4) is 5.75 Å². The Hall–Kier alpha value is -2.45. The van der Waals surface area contributed by atoms with Gasteiger partial charge in [0.25, 0.3) is 0 Å². The summed E-state index contributed by atoms with van der Waals surface area (Å²) in [6.07, 6.45) is 3.82. The van der Waals surface area contributed by atoms with Crippen molar-refractivity contribution in [2.24, 2.45) is 0 Å². The largest absolute Gasteiger partial charge is 0.494 e. The molecular formula is C32H43N3O3S. The van der Waals surface area contributed by atoms with Crippen LogP contribution in [0.4, 0.5) is 0 Å². The molecule has 0 amide bonds. The molecule has 4 atom stereocenters. The normalized spacial score (nSPS) is 24.9. The van der Waals surface area contributed by atoms with Crippen LogP contribution in [-0.4, -0.2) is 50.0 Å². The highest BCUT2D eigenvalue weighted by atomic mass is 32.2. The maximum atomic E-state index is 14.4. The smallest absolute Gasteiger partial charge is 0.184 e. The predicted octanol–water partition coefficient (Wildman–Crippen LogP) is 5.21. The fourth-order valence-corrected chi connectivity index (χ4v) is 8.51. The molecular weight excluding hydrogens is 506 g/mol. The van der Waals surface area contributed by atoms with Gasteiger partial charge in [-0.25, -0.2) is 8.42 Å². The molecule has 2 fully saturated rings. The summed E-state index contributed by atoms with van der Waals surface area (Å²) in [6, 6.07) is 21.7. The number of fused-ring (bicyclic) bond motifs is 3. The van der Waals surface area contributed by atoms with E-state index >= 15 is 0 Å². The molecule has 39 heavy (non-hydrogen) atoms. The fourth-order valence-electron chi connectivity index (χ4n) is 6.17. The minimum absolute atomic E-state index is 0.101. The second kappa shape index (κ2) is 11.2. The maximum Gasteiger partial charge on any atom is 0.184 e. The SMILES string of the molecule is CCCCOc1ccc(S(=O)(=O)C2C(NCc3ccc4ccccc4c3)C3CCC2(CNC(C)(C)C)N3)cc1. The number of ether oxygens (including phenoxy) is 1. The first-order valence-electron chi connectivity index (χ1n) is 14.3. The molecule has 0 aliphatic carbocycles. The van der Waals surface area contributed by atoms with Crippen molar-refractivity contribution in [3.05, 3.63) is 72.3 Å². The molecule has 0 aromatic heterocycles. The van der Waals surface area contributed by atoms with E-state index in [0.29, 0.717) is 30.3 Å². The van der Waals surface area contributed by atoms with Crippen LogP contribution in [-0.2, 0) is 16.4 Å². The van der Waals surface area contributed by atoms with Gasteiger partial charge in [0.15, 0.2) is 9.84 Å². The summed E-state index contributed by atoms with van der Waals surface area (Å²) in [4.78, 5) is 0.359. The lowest BCUT2D eigenvalue weighted by atomic mass is 9.83. The van der Waals surface area contributed by atoms with Crippen molar-refractivity contribution in [1.82, 2.24) is 16.0 Å². The molecule has 2 aliphatic heterocycles. The molecule has 4 unspecified atom stereocenters. The Labute approximate surface area is 233 Å². The Balaban J connectivity index is 1.42. The molecule has 3 aromatic carbocycles. The van der Waals surface area contributed by atoms with E-state index < -0.39 is 20.6 Å². The van der Waals surface area contributed by atoms with Crippen LogP contribution in [0.2, 0.25) is 0 Å². The zero-order valence-electron chi connectivity index (χ0n) is 23.7. The number of hydrogen-bond acceptors (Lipinski definition) is 6. The van der Waals surface area contributed by atoms with E-state index in [2.05, 4.69) is 74.0 Å². The lowest BCUT2D eigenvalue weighted by Crippen LogP contribution is -2.61. The van der Waals surface area contributed by atoms with Gasteiger partial charge in [0.1, 0.15) is 11.0 Å². The predicted molar refractivity (Wildman–Crippen MR) is 159 cm³/mol. The van der Waals surface area contributed by atoms with Gasteiger partial charge < -0.3 is 20.7 Å². The Kier molecular flexibility index (Phi) is 8.07. The van der Waals surface area contributed by atoms with Gasteiger partial charge in [0.05, 0.1) is 11.5 Å². The lowest BCUT2D eigenvalue weighted by Gasteiger charge is -2.39. The van der Waals surface area contributed by atoms with Crippen molar-refractivity contribution < 1.29 is 13.2 Å². The third-order valence-electron chi connectivity index (χ3n) is 8.22. The number of hydrogen-bond donors (Lipinski definition) is 3. The number of nitrogens with one attached hydrogen (secondary N) is 3. The van der Waals surface area contributed by atoms with Crippen LogP contribution < -0.4 is 20.7 Å². The number of benzene rings is 3. The van der Waals surface area contributed by atoms with Crippen LogP contribution in [0, 0.1) is 0 Å². The number of unbranched alkanes of at least 4 members (excludes halogenated alkanes) is 1. The first kappa shape index (κ1) is 28.1. The molecule has 2 heterocycles. The fraction of sp³-hybridized carbons (Fsp3) is 0.500. The Morgan fingerprint density at radius 3 is 2.49 bits per heavy atom. The van der Waals surface area contributed by atoms with Crippen molar-refractivity contribution in [3.63, 3.8) is 0 Å². The summed E-state index contributed by atoms with van der Waals surface area (Å²) in [6.45, 7) is 10.4. The molecule has 5 rings (SSSR count). The highest BCUT2D eigenvalue weighted by Gasteiger charge is 2.62. The third-order valence-corrected chi connectivity index (χ3v) is 10.6.